The summed E-state index contributed by atoms with van der Waals surface area (Å²) in [6.07, 6.45) is 1.92. The smallest absolute Gasteiger partial charge is 0.228 e. The van der Waals surface area contributed by atoms with E-state index in [9.17, 15) is 4.79 Å². The largest absolute Gasteiger partial charge is 0.324 e. The van der Waals surface area contributed by atoms with E-state index in [2.05, 4.69) is 22.3 Å². The monoisotopic (exact) mass is 362 g/mol. The highest BCUT2D eigenvalue weighted by Gasteiger charge is 2.26. The zero-order valence-corrected chi connectivity index (χ0v) is 14.9. The van der Waals surface area contributed by atoms with Gasteiger partial charge in [0.2, 0.25) is 5.91 Å². The summed E-state index contributed by atoms with van der Waals surface area (Å²) < 4.78 is 0. The van der Waals surface area contributed by atoms with E-state index in [1.807, 2.05) is 18.2 Å². The molecule has 5 heteroatoms. The fraction of sp³-hybridized carbons (Fsp3) is 0.316. The van der Waals surface area contributed by atoms with Gasteiger partial charge < -0.3 is 5.32 Å². The van der Waals surface area contributed by atoms with Crippen molar-refractivity contribution in [1.29, 1.82) is 0 Å². The minimum absolute atomic E-state index is 0.0110. The molecule has 3 rings (SSSR count). The van der Waals surface area contributed by atoms with Crippen molar-refractivity contribution in [1.82, 2.24) is 4.90 Å². The molecule has 3 nitrogen and oxygen atoms in total. The van der Waals surface area contributed by atoms with Gasteiger partial charge in [-0.3, -0.25) is 9.69 Å². The van der Waals surface area contributed by atoms with Crippen LogP contribution in [0.2, 0.25) is 10.0 Å². The molecule has 24 heavy (non-hydrogen) atoms. The summed E-state index contributed by atoms with van der Waals surface area (Å²) in [6, 6.07) is 15.6. The topological polar surface area (TPSA) is 32.3 Å². The minimum Gasteiger partial charge on any atom is -0.324 e. The van der Waals surface area contributed by atoms with Crippen molar-refractivity contribution < 1.29 is 4.79 Å². The standard InChI is InChI=1S/C19H20Cl2N2O/c20-16-9-4-10-17(18(16)21)22-19(24)15-8-5-11-23(13-15)12-14-6-2-1-3-7-14/h1-4,6-7,9-10,15H,5,8,11-13H2,(H,22,24). The maximum Gasteiger partial charge on any atom is 0.228 e. The van der Waals surface area contributed by atoms with Crippen LogP contribution in [0.4, 0.5) is 5.69 Å². The van der Waals surface area contributed by atoms with Crippen molar-refractivity contribution in [3.05, 3.63) is 64.1 Å². The van der Waals surface area contributed by atoms with Gasteiger partial charge in [0.1, 0.15) is 0 Å². The number of piperidine rings is 1. The van der Waals surface area contributed by atoms with Gasteiger partial charge in [-0.15, -0.1) is 0 Å². The van der Waals surface area contributed by atoms with Crippen LogP contribution in [-0.2, 0) is 11.3 Å². The number of carbonyl (C=O) groups is 1. The van der Waals surface area contributed by atoms with Crippen LogP contribution in [0.15, 0.2) is 48.5 Å². The minimum atomic E-state index is -0.0301. The van der Waals surface area contributed by atoms with Gasteiger partial charge in [0.25, 0.3) is 0 Å². The van der Waals surface area contributed by atoms with Crippen molar-refractivity contribution in [2.45, 2.75) is 19.4 Å². The van der Waals surface area contributed by atoms with Gasteiger partial charge in [-0.25, -0.2) is 0 Å². The van der Waals surface area contributed by atoms with E-state index in [0.717, 1.165) is 32.5 Å². The number of nitrogens with one attached hydrogen (secondary N) is 1. The van der Waals surface area contributed by atoms with Gasteiger partial charge >= 0.3 is 0 Å². The number of amides is 1. The van der Waals surface area contributed by atoms with Gasteiger partial charge in [0, 0.05) is 13.1 Å². The predicted octanol–water partition coefficient (Wildman–Crippen LogP) is 4.84. The molecule has 1 unspecified atom stereocenters. The van der Waals surface area contributed by atoms with Crippen LogP contribution in [0.3, 0.4) is 0 Å². The average molecular weight is 363 g/mol. The first-order chi connectivity index (χ1) is 11.6. The fourth-order valence-corrected chi connectivity index (χ4v) is 3.44. The highest BCUT2D eigenvalue weighted by Crippen LogP contribution is 2.30. The van der Waals surface area contributed by atoms with Crippen molar-refractivity contribution in [2.24, 2.45) is 5.92 Å². The maximum atomic E-state index is 12.6. The lowest BCUT2D eigenvalue weighted by Crippen LogP contribution is -2.40. The molecule has 2 aromatic carbocycles. The quantitative estimate of drug-likeness (QED) is 0.843. The van der Waals surface area contributed by atoms with E-state index in [-0.39, 0.29) is 11.8 Å². The Morgan fingerprint density at radius 3 is 2.71 bits per heavy atom. The van der Waals surface area contributed by atoms with E-state index >= 15 is 0 Å². The zero-order valence-electron chi connectivity index (χ0n) is 13.3. The van der Waals surface area contributed by atoms with Gasteiger partial charge in [0.15, 0.2) is 0 Å². The van der Waals surface area contributed by atoms with Crippen molar-refractivity contribution in [2.75, 3.05) is 18.4 Å². The number of benzene rings is 2. The lowest BCUT2D eigenvalue weighted by atomic mass is 9.96. The van der Waals surface area contributed by atoms with Crippen molar-refractivity contribution >= 4 is 34.8 Å². The van der Waals surface area contributed by atoms with Gasteiger partial charge in [-0.2, -0.15) is 0 Å². The Labute approximate surface area is 152 Å². The Balaban J connectivity index is 1.61. The van der Waals surface area contributed by atoms with Crippen molar-refractivity contribution in [3.8, 4) is 0 Å². The van der Waals surface area contributed by atoms with Crippen LogP contribution in [0.1, 0.15) is 18.4 Å². The first-order valence-corrected chi connectivity index (χ1v) is 8.90. The number of likely N-dealkylation sites (tertiary alicyclic amines) is 1. The van der Waals surface area contributed by atoms with E-state index in [1.165, 1.54) is 5.56 Å². The first kappa shape index (κ1) is 17.3. The molecule has 1 aliphatic rings. The molecule has 1 heterocycles. The molecule has 1 aliphatic heterocycles. The van der Waals surface area contributed by atoms with Gasteiger partial charge in [-0.05, 0) is 37.1 Å². The number of carbonyl (C=O) groups excluding carboxylic acids is 1. The normalized spacial score (nSPS) is 18.3. The zero-order chi connectivity index (χ0) is 16.9. The number of hydrogen-bond donors (Lipinski definition) is 1. The third-order valence-electron chi connectivity index (χ3n) is 4.33. The van der Waals surface area contributed by atoms with Gasteiger partial charge in [0.05, 0.1) is 21.7 Å². The highest BCUT2D eigenvalue weighted by atomic mass is 35.5. The molecule has 126 valence electrons. The Bertz CT molecular complexity index is 706. The molecule has 0 radical (unpaired) electrons. The lowest BCUT2D eigenvalue weighted by Gasteiger charge is -2.32. The summed E-state index contributed by atoms with van der Waals surface area (Å²) in [5, 5.41) is 3.76. The first-order valence-electron chi connectivity index (χ1n) is 8.14. The second-order valence-corrected chi connectivity index (χ2v) is 6.94. The van der Waals surface area contributed by atoms with Crippen LogP contribution in [-0.4, -0.2) is 23.9 Å². The molecule has 0 aliphatic carbocycles. The summed E-state index contributed by atoms with van der Waals surface area (Å²) in [6.45, 7) is 2.66. The van der Waals surface area contributed by atoms with Crippen molar-refractivity contribution in [3.63, 3.8) is 0 Å². The third-order valence-corrected chi connectivity index (χ3v) is 5.15. The Hall–Kier alpha value is -1.55. The van der Waals surface area contributed by atoms with Crippen LogP contribution in [0.5, 0.6) is 0 Å². The number of hydrogen-bond acceptors (Lipinski definition) is 2. The molecule has 2 aromatic rings. The summed E-state index contributed by atoms with van der Waals surface area (Å²) in [5.74, 6) is -0.0190. The summed E-state index contributed by atoms with van der Waals surface area (Å²) in [5.41, 5.74) is 1.85. The van der Waals surface area contributed by atoms with E-state index in [4.69, 9.17) is 23.2 Å². The Morgan fingerprint density at radius 1 is 1.12 bits per heavy atom. The van der Waals surface area contributed by atoms with Crippen LogP contribution in [0, 0.1) is 5.92 Å². The molecule has 0 aromatic heterocycles. The fourth-order valence-electron chi connectivity index (χ4n) is 3.09. The average Bonchev–Trinajstić information content (AvgIpc) is 2.60. The Kier molecular flexibility index (Phi) is 5.77. The second-order valence-electron chi connectivity index (χ2n) is 6.15. The summed E-state index contributed by atoms with van der Waals surface area (Å²) >= 11 is 12.2. The highest BCUT2D eigenvalue weighted by molar-refractivity contribution is 6.44. The summed E-state index contributed by atoms with van der Waals surface area (Å²) in [4.78, 5) is 14.9. The molecule has 0 saturated carbocycles. The van der Waals surface area contributed by atoms with E-state index in [1.54, 1.807) is 18.2 Å². The van der Waals surface area contributed by atoms with Crippen LogP contribution < -0.4 is 5.32 Å². The molecular weight excluding hydrogens is 343 g/mol. The number of nitrogens with zero attached hydrogens (tertiary/aromatic N) is 1. The number of anilines is 1. The van der Waals surface area contributed by atoms with Gasteiger partial charge in [-0.1, -0.05) is 59.6 Å². The molecule has 1 fully saturated rings. The SMILES string of the molecule is O=C(Nc1cccc(Cl)c1Cl)C1CCCN(Cc2ccccc2)C1. The summed E-state index contributed by atoms with van der Waals surface area (Å²) in [7, 11) is 0. The third kappa shape index (κ3) is 4.29. The van der Waals surface area contributed by atoms with Crippen LogP contribution in [0.25, 0.3) is 0 Å². The maximum absolute atomic E-state index is 12.6. The molecule has 0 spiro atoms. The van der Waals surface area contributed by atoms with E-state index in [0.29, 0.717) is 15.7 Å². The molecule has 1 saturated heterocycles. The second kappa shape index (κ2) is 8.02. The number of rotatable bonds is 4. The van der Waals surface area contributed by atoms with E-state index < -0.39 is 0 Å². The molecule has 0 bridgehead atoms. The molecule has 1 amide bonds. The Morgan fingerprint density at radius 2 is 1.92 bits per heavy atom. The van der Waals surface area contributed by atoms with Crippen LogP contribution >= 0.6 is 23.2 Å². The number of halogens is 2. The molecule has 1 atom stereocenters. The molecule has 1 N–H and O–H groups in total. The predicted molar refractivity (Wildman–Crippen MR) is 99.5 cm³/mol. The molecular formula is C19H20Cl2N2O. The lowest BCUT2D eigenvalue weighted by molar-refractivity contribution is -0.121.